The van der Waals surface area contributed by atoms with Crippen molar-refractivity contribution < 1.29 is 39.0 Å². The minimum Gasteiger partial charge on any atom is -0.394 e. The van der Waals surface area contributed by atoms with Gasteiger partial charge in [-0.05, 0) is 12.8 Å². The Balaban J connectivity index is 2.52. The third kappa shape index (κ3) is 8.09. The van der Waals surface area contributed by atoms with Crippen molar-refractivity contribution in [2.45, 2.75) is 31.0 Å². The normalized spacial score (nSPS) is 17.1. The molecule has 0 radical (unpaired) electrons. The van der Waals surface area contributed by atoms with Gasteiger partial charge in [0.15, 0.2) is 0 Å². The molecule has 0 aromatic carbocycles. The SMILES string of the molecule is NCC(=O)N[C@@H](CO)C(=O)N1CCCC1C(=O)NCC(=O)NCC(=O)N[C@@H](CO)C(N)=O. The number of rotatable bonds is 12. The topological polar surface area (TPSA) is 246 Å². The van der Waals surface area contributed by atoms with E-state index in [9.17, 15) is 33.9 Å². The molecule has 1 unspecified atom stereocenters. The molecule has 0 bridgehead atoms. The van der Waals surface area contributed by atoms with Crippen molar-refractivity contribution in [3.63, 3.8) is 0 Å². The number of amides is 6. The first-order chi connectivity index (χ1) is 15.1. The minimum atomic E-state index is -1.29. The number of likely N-dealkylation sites (tertiary alicyclic amines) is 1. The zero-order valence-corrected chi connectivity index (χ0v) is 17.3. The second-order valence-electron chi connectivity index (χ2n) is 6.90. The van der Waals surface area contributed by atoms with Gasteiger partial charge < -0.3 is 47.8 Å². The van der Waals surface area contributed by atoms with Crippen LogP contribution in [0.2, 0.25) is 0 Å². The van der Waals surface area contributed by atoms with Crippen LogP contribution in [-0.4, -0.2) is 108 Å². The Labute approximate surface area is 183 Å². The van der Waals surface area contributed by atoms with Gasteiger partial charge in [0.2, 0.25) is 35.4 Å². The summed E-state index contributed by atoms with van der Waals surface area (Å²) in [4.78, 5) is 72.1. The second kappa shape index (κ2) is 13.2. The maximum absolute atomic E-state index is 12.6. The number of hydrogen-bond acceptors (Lipinski definition) is 9. The Hall–Kier alpha value is -3.30. The van der Waals surface area contributed by atoms with Crippen LogP contribution in [0.4, 0.5) is 0 Å². The molecule has 32 heavy (non-hydrogen) atoms. The predicted molar refractivity (Wildman–Crippen MR) is 107 cm³/mol. The highest BCUT2D eigenvalue weighted by atomic mass is 16.3. The molecule has 1 saturated heterocycles. The van der Waals surface area contributed by atoms with Crippen molar-refractivity contribution in [3.05, 3.63) is 0 Å². The molecular formula is C17H29N7O8. The second-order valence-corrected chi connectivity index (χ2v) is 6.90. The summed E-state index contributed by atoms with van der Waals surface area (Å²) in [7, 11) is 0. The van der Waals surface area contributed by atoms with Crippen molar-refractivity contribution in [3.8, 4) is 0 Å². The molecule has 180 valence electrons. The molecule has 3 atom stereocenters. The number of carbonyl (C=O) groups excluding carboxylic acids is 6. The molecule has 1 aliphatic heterocycles. The standard InChI is InChI=1S/C17H29N7O8/c18-4-12(27)23-10(8-26)17(32)24-3-1-2-11(24)16(31)21-5-13(28)20-6-14(29)22-9(7-25)15(19)30/h9-11,25-26H,1-8,18H2,(H2,19,30)(H,20,28)(H,21,31)(H,22,29)(H,23,27)/t9-,10-,11?/m0/s1. The molecule has 1 heterocycles. The van der Waals surface area contributed by atoms with Crippen LogP contribution in [-0.2, 0) is 28.8 Å². The van der Waals surface area contributed by atoms with E-state index in [2.05, 4.69) is 21.3 Å². The zero-order valence-electron chi connectivity index (χ0n) is 17.3. The monoisotopic (exact) mass is 459 g/mol. The molecule has 0 spiro atoms. The van der Waals surface area contributed by atoms with Crippen molar-refractivity contribution in [2.24, 2.45) is 11.5 Å². The molecule has 0 aliphatic carbocycles. The predicted octanol–water partition coefficient (Wildman–Crippen LogP) is -6.39. The van der Waals surface area contributed by atoms with Crippen LogP contribution >= 0.6 is 0 Å². The van der Waals surface area contributed by atoms with Gasteiger partial charge in [-0.15, -0.1) is 0 Å². The first kappa shape index (κ1) is 26.7. The third-order valence-corrected chi connectivity index (χ3v) is 4.57. The lowest BCUT2D eigenvalue weighted by molar-refractivity contribution is -0.142. The maximum Gasteiger partial charge on any atom is 0.248 e. The van der Waals surface area contributed by atoms with E-state index in [1.54, 1.807) is 0 Å². The summed E-state index contributed by atoms with van der Waals surface area (Å²) >= 11 is 0. The van der Waals surface area contributed by atoms with Gasteiger partial charge in [-0.1, -0.05) is 0 Å². The highest BCUT2D eigenvalue weighted by Crippen LogP contribution is 2.18. The quantitative estimate of drug-likeness (QED) is 0.138. The van der Waals surface area contributed by atoms with E-state index in [1.807, 2.05) is 0 Å². The number of aliphatic hydroxyl groups excluding tert-OH is 2. The van der Waals surface area contributed by atoms with Gasteiger partial charge in [-0.3, -0.25) is 28.8 Å². The first-order valence-corrected chi connectivity index (χ1v) is 9.79. The van der Waals surface area contributed by atoms with E-state index in [0.29, 0.717) is 12.8 Å². The molecule has 1 rings (SSSR count). The van der Waals surface area contributed by atoms with Crippen LogP contribution in [0.25, 0.3) is 0 Å². The molecule has 10 N–H and O–H groups in total. The Morgan fingerprint density at radius 2 is 1.50 bits per heavy atom. The van der Waals surface area contributed by atoms with E-state index in [4.69, 9.17) is 16.6 Å². The third-order valence-electron chi connectivity index (χ3n) is 4.57. The van der Waals surface area contributed by atoms with Crippen molar-refractivity contribution >= 4 is 35.4 Å². The van der Waals surface area contributed by atoms with E-state index in [0.717, 1.165) is 0 Å². The van der Waals surface area contributed by atoms with Crippen LogP contribution in [0.15, 0.2) is 0 Å². The minimum absolute atomic E-state index is 0.226. The van der Waals surface area contributed by atoms with Crippen molar-refractivity contribution in [1.82, 2.24) is 26.2 Å². The number of nitrogens with one attached hydrogen (secondary N) is 4. The molecule has 0 saturated carbocycles. The Bertz CT molecular complexity index is 732. The lowest BCUT2D eigenvalue weighted by Crippen LogP contribution is -2.56. The van der Waals surface area contributed by atoms with Crippen LogP contribution in [0, 0.1) is 0 Å². The molecule has 0 aromatic rings. The van der Waals surface area contributed by atoms with E-state index < -0.39 is 79.9 Å². The molecule has 1 aliphatic rings. The van der Waals surface area contributed by atoms with E-state index >= 15 is 0 Å². The summed E-state index contributed by atoms with van der Waals surface area (Å²) in [6.45, 7) is -2.53. The summed E-state index contributed by atoms with van der Waals surface area (Å²) in [5.41, 5.74) is 10.1. The summed E-state index contributed by atoms with van der Waals surface area (Å²) in [5, 5.41) is 27.2. The van der Waals surface area contributed by atoms with Gasteiger partial charge in [0.05, 0.1) is 32.8 Å². The molecule has 15 heteroatoms. The fraction of sp³-hybridized carbons (Fsp3) is 0.647. The number of carbonyl (C=O) groups is 6. The molecule has 0 aromatic heterocycles. The van der Waals surface area contributed by atoms with Crippen LogP contribution in [0.3, 0.4) is 0 Å². The molecule has 1 fully saturated rings. The van der Waals surface area contributed by atoms with E-state index in [-0.39, 0.29) is 13.1 Å². The van der Waals surface area contributed by atoms with Crippen LogP contribution in [0.1, 0.15) is 12.8 Å². The number of nitrogens with two attached hydrogens (primary N) is 2. The van der Waals surface area contributed by atoms with Crippen molar-refractivity contribution in [2.75, 3.05) is 39.4 Å². The number of aliphatic hydroxyl groups is 2. The smallest absolute Gasteiger partial charge is 0.248 e. The summed E-state index contributed by atoms with van der Waals surface area (Å²) in [6, 6.07) is -3.44. The highest BCUT2D eigenvalue weighted by molar-refractivity contribution is 5.94. The Morgan fingerprint density at radius 1 is 0.906 bits per heavy atom. The first-order valence-electron chi connectivity index (χ1n) is 9.79. The van der Waals surface area contributed by atoms with Gasteiger partial charge in [0.1, 0.15) is 18.1 Å². The number of primary amides is 1. The van der Waals surface area contributed by atoms with E-state index in [1.165, 1.54) is 4.90 Å². The highest BCUT2D eigenvalue weighted by Gasteiger charge is 2.37. The molecule has 15 nitrogen and oxygen atoms in total. The number of hydrogen-bond donors (Lipinski definition) is 8. The lowest BCUT2D eigenvalue weighted by Gasteiger charge is -2.27. The van der Waals surface area contributed by atoms with Crippen LogP contribution in [0.5, 0.6) is 0 Å². The van der Waals surface area contributed by atoms with Crippen LogP contribution < -0.4 is 32.7 Å². The van der Waals surface area contributed by atoms with Crippen molar-refractivity contribution in [1.29, 1.82) is 0 Å². The maximum atomic E-state index is 12.6. The summed E-state index contributed by atoms with van der Waals surface area (Å²) < 4.78 is 0. The number of nitrogens with zero attached hydrogens (tertiary/aromatic N) is 1. The fourth-order valence-corrected chi connectivity index (χ4v) is 2.92. The van der Waals surface area contributed by atoms with Gasteiger partial charge in [-0.25, -0.2) is 0 Å². The summed E-state index contributed by atoms with van der Waals surface area (Å²) in [6.07, 6.45) is 0.825. The fourth-order valence-electron chi connectivity index (χ4n) is 2.92. The largest absolute Gasteiger partial charge is 0.394 e. The Morgan fingerprint density at radius 3 is 2.06 bits per heavy atom. The Kier molecular flexibility index (Phi) is 11.0. The molecular weight excluding hydrogens is 430 g/mol. The summed E-state index contributed by atoms with van der Waals surface area (Å²) in [5.74, 6) is -4.34. The lowest BCUT2D eigenvalue weighted by atomic mass is 10.2. The zero-order chi connectivity index (χ0) is 24.3. The van der Waals surface area contributed by atoms with Gasteiger partial charge >= 0.3 is 0 Å². The van der Waals surface area contributed by atoms with Gasteiger partial charge in [0.25, 0.3) is 0 Å². The average Bonchev–Trinajstić information content (AvgIpc) is 3.27. The van der Waals surface area contributed by atoms with Gasteiger partial charge in [-0.2, -0.15) is 0 Å². The molecule has 6 amide bonds. The average molecular weight is 459 g/mol. The van der Waals surface area contributed by atoms with Gasteiger partial charge in [0, 0.05) is 6.54 Å².